The van der Waals surface area contributed by atoms with Crippen molar-refractivity contribution in [1.82, 2.24) is 10.6 Å². The van der Waals surface area contributed by atoms with E-state index in [1.54, 1.807) is 13.8 Å². The molecule has 2 N–H and O–H groups in total. The molecule has 0 aromatic heterocycles. The van der Waals surface area contributed by atoms with Crippen LogP contribution in [0.4, 0.5) is 0 Å². The lowest BCUT2D eigenvalue weighted by atomic mass is 9.85. The smallest absolute Gasteiger partial charge is 0.366 e. The molecule has 1 saturated heterocycles. The molecule has 27 heavy (non-hydrogen) atoms. The third-order valence-corrected chi connectivity index (χ3v) is 4.76. The number of methoxy groups -OCH3 is 1. The average Bonchev–Trinajstić information content (AvgIpc) is 2.60. The fraction of sp³-hybridized carbons (Fsp3) is 0.765. The van der Waals surface area contributed by atoms with E-state index in [1.165, 1.54) is 21.0 Å². The molecule has 10 heteroatoms. The monoisotopic (exact) mass is 404 g/mol. The predicted octanol–water partition coefficient (Wildman–Crippen LogP) is 0.219. The van der Waals surface area contributed by atoms with Crippen LogP contribution in [-0.4, -0.2) is 67.3 Å². The van der Waals surface area contributed by atoms with Gasteiger partial charge in [0.2, 0.25) is 11.8 Å². The summed E-state index contributed by atoms with van der Waals surface area (Å²) in [6, 6.07) is 0. The summed E-state index contributed by atoms with van der Waals surface area (Å²) >= 11 is 1.13. The first-order valence-electron chi connectivity index (χ1n) is 8.60. The van der Waals surface area contributed by atoms with E-state index >= 15 is 0 Å². The van der Waals surface area contributed by atoms with Crippen LogP contribution in [0.2, 0.25) is 0 Å². The maximum Gasteiger partial charge on any atom is 0.366 e. The molecule has 9 nitrogen and oxygen atoms in total. The van der Waals surface area contributed by atoms with Crippen molar-refractivity contribution in [1.29, 1.82) is 0 Å². The van der Waals surface area contributed by atoms with E-state index in [2.05, 4.69) is 15.4 Å². The van der Waals surface area contributed by atoms with Gasteiger partial charge in [-0.25, -0.2) is 4.79 Å². The predicted molar refractivity (Wildman–Crippen MR) is 98.8 cm³/mol. The minimum Gasteiger partial charge on any atom is -0.465 e. The molecule has 1 aliphatic rings. The number of ether oxygens (including phenoxy) is 3. The first kappa shape index (κ1) is 23.4. The first-order chi connectivity index (χ1) is 12.5. The van der Waals surface area contributed by atoms with Gasteiger partial charge in [-0.1, -0.05) is 25.6 Å². The van der Waals surface area contributed by atoms with Crippen molar-refractivity contribution in [3.63, 3.8) is 0 Å². The Kier molecular flexibility index (Phi) is 8.70. The van der Waals surface area contributed by atoms with Crippen molar-refractivity contribution < 1.29 is 33.4 Å². The zero-order valence-electron chi connectivity index (χ0n) is 16.4. The maximum atomic E-state index is 12.5. The standard InChI is InChI=1S/C17H28N2O7S/c1-11(20)27-9-8-18-12(21)6-7-19-14(22)13-16(2,3)10-25-17(4,26-13)15(23)24-5/h13H,6-10H2,1-5H3,(H,18,21)(H,19,22)/t13-,17?/m0/s1. The van der Waals surface area contributed by atoms with Crippen LogP contribution in [0, 0.1) is 5.41 Å². The van der Waals surface area contributed by atoms with Gasteiger partial charge in [0.05, 0.1) is 13.7 Å². The molecule has 154 valence electrons. The molecule has 2 atom stereocenters. The summed E-state index contributed by atoms with van der Waals surface area (Å²) in [6.07, 6.45) is -0.848. The molecule has 1 heterocycles. The van der Waals surface area contributed by atoms with Gasteiger partial charge in [-0.15, -0.1) is 0 Å². The van der Waals surface area contributed by atoms with Crippen LogP contribution in [0.15, 0.2) is 0 Å². The summed E-state index contributed by atoms with van der Waals surface area (Å²) in [5.74, 6) is -2.54. The molecular formula is C17H28N2O7S. The van der Waals surface area contributed by atoms with E-state index in [4.69, 9.17) is 9.47 Å². The van der Waals surface area contributed by atoms with E-state index < -0.39 is 29.2 Å². The maximum absolute atomic E-state index is 12.5. The summed E-state index contributed by atoms with van der Waals surface area (Å²) in [5.41, 5.74) is -0.663. The van der Waals surface area contributed by atoms with E-state index in [0.717, 1.165) is 11.8 Å². The Balaban J connectivity index is 2.48. The number of amides is 2. The van der Waals surface area contributed by atoms with Crippen LogP contribution in [0.1, 0.15) is 34.1 Å². The van der Waals surface area contributed by atoms with Gasteiger partial charge in [-0.2, -0.15) is 0 Å². The Morgan fingerprint density at radius 2 is 1.81 bits per heavy atom. The summed E-state index contributed by atoms with van der Waals surface area (Å²) < 4.78 is 15.7. The molecule has 1 unspecified atom stereocenters. The molecule has 0 saturated carbocycles. The molecule has 1 rings (SSSR count). The molecule has 0 aromatic rings. The van der Waals surface area contributed by atoms with Gasteiger partial charge in [0.1, 0.15) is 6.10 Å². The zero-order valence-corrected chi connectivity index (χ0v) is 17.2. The zero-order chi connectivity index (χ0) is 20.7. The van der Waals surface area contributed by atoms with Crippen molar-refractivity contribution in [3.05, 3.63) is 0 Å². The van der Waals surface area contributed by atoms with Crippen molar-refractivity contribution in [2.75, 3.05) is 32.6 Å². The summed E-state index contributed by atoms with van der Waals surface area (Å²) in [4.78, 5) is 46.9. The molecule has 1 fully saturated rings. The van der Waals surface area contributed by atoms with Crippen LogP contribution >= 0.6 is 11.8 Å². The number of hydrogen-bond donors (Lipinski definition) is 2. The van der Waals surface area contributed by atoms with Crippen molar-refractivity contribution >= 4 is 34.7 Å². The highest BCUT2D eigenvalue weighted by atomic mass is 32.2. The molecule has 0 radical (unpaired) electrons. The van der Waals surface area contributed by atoms with Crippen LogP contribution in [-0.2, 0) is 33.4 Å². The number of carbonyl (C=O) groups is 4. The Hall–Kier alpha value is -1.65. The van der Waals surface area contributed by atoms with Crippen LogP contribution < -0.4 is 10.6 Å². The van der Waals surface area contributed by atoms with E-state index in [9.17, 15) is 19.2 Å². The van der Waals surface area contributed by atoms with Gasteiger partial charge in [0, 0.05) is 44.5 Å². The largest absolute Gasteiger partial charge is 0.465 e. The number of carbonyl (C=O) groups excluding carboxylic acids is 4. The van der Waals surface area contributed by atoms with Gasteiger partial charge >= 0.3 is 5.97 Å². The minimum absolute atomic E-state index is 0.00505. The van der Waals surface area contributed by atoms with Crippen LogP contribution in [0.3, 0.4) is 0 Å². The Labute approximate surface area is 163 Å². The van der Waals surface area contributed by atoms with E-state index in [1.807, 2.05) is 0 Å². The summed E-state index contributed by atoms with van der Waals surface area (Å²) in [5, 5.41) is 5.31. The van der Waals surface area contributed by atoms with Gasteiger partial charge in [0.15, 0.2) is 5.12 Å². The molecule has 0 aromatic carbocycles. The fourth-order valence-electron chi connectivity index (χ4n) is 2.38. The van der Waals surface area contributed by atoms with Gasteiger partial charge in [-0.05, 0) is 0 Å². The highest BCUT2D eigenvalue weighted by molar-refractivity contribution is 8.13. The fourth-order valence-corrected chi connectivity index (χ4v) is 2.88. The lowest BCUT2D eigenvalue weighted by Gasteiger charge is -2.44. The van der Waals surface area contributed by atoms with Crippen LogP contribution in [0.5, 0.6) is 0 Å². The molecular weight excluding hydrogens is 376 g/mol. The van der Waals surface area contributed by atoms with Crippen molar-refractivity contribution in [3.8, 4) is 0 Å². The Morgan fingerprint density at radius 1 is 1.15 bits per heavy atom. The van der Waals surface area contributed by atoms with Gasteiger partial charge < -0.3 is 24.8 Å². The minimum atomic E-state index is -1.65. The normalized spacial score (nSPS) is 24.0. The second-order valence-corrected chi connectivity index (χ2v) is 8.22. The Morgan fingerprint density at radius 3 is 2.41 bits per heavy atom. The average molecular weight is 404 g/mol. The Bertz CT molecular complexity index is 582. The molecule has 0 aliphatic carbocycles. The quantitative estimate of drug-likeness (QED) is 0.435. The molecule has 0 spiro atoms. The van der Waals surface area contributed by atoms with Crippen molar-refractivity contribution in [2.45, 2.75) is 46.0 Å². The highest BCUT2D eigenvalue weighted by Crippen LogP contribution is 2.35. The number of esters is 1. The van der Waals surface area contributed by atoms with Crippen molar-refractivity contribution in [2.24, 2.45) is 5.41 Å². The number of hydrogen-bond acceptors (Lipinski definition) is 8. The summed E-state index contributed by atoms with van der Waals surface area (Å²) in [6.45, 7) is 7.07. The molecule has 0 bridgehead atoms. The number of rotatable bonds is 8. The SMILES string of the molecule is COC(=O)C1(C)OCC(C)(C)[C@H](C(=O)NCCC(=O)NCCSC(C)=O)O1. The molecule has 1 aliphatic heterocycles. The van der Waals surface area contributed by atoms with Gasteiger partial charge in [0.25, 0.3) is 5.79 Å². The van der Waals surface area contributed by atoms with Gasteiger partial charge in [-0.3, -0.25) is 14.4 Å². The first-order valence-corrected chi connectivity index (χ1v) is 9.58. The topological polar surface area (TPSA) is 120 Å². The lowest BCUT2D eigenvalue weighted by Crippen LogP contribution is -2.60. The third-order valence-electron chi connectivity index (χ3n) is 3.95. The highest BCUT2D eigenvalue weighted by Gasteiger charge is 2.51. The summed E-state index contributed by atoms with van der Waals surface area (Å²) in [7, 11) is 1.21. The third kappa shape index (κ3) is 7.11. The molecule has 2 amide bonds. The number of thioether (sulfide) groups is 1. The van der Waals surface area contributed by atoms with Crippen LogP contribution in [0.25, 0.3) is 0 Å². The number of nitrogens with one attached hydrogen (secondary N) is 2. The second kappa shape index (κ2) is 10.0. The second-order valence-electron chi connectivity index (χ2n) is 6.94. The van der Waals surface area contributed by atoms with E-state index in [0.29, 0.717) is 12.3 Å². The lowest BCUT2D eigenvalue weighted by molar-refractivity contribution is -0.305. The van der Waals surface area contributed by atoms with E-state index in [-0.39, 0.29) is 30.6 Å².